The van der Waals surface area contributed by atoms with E-state index in [0.717, 1.165) is 24.4 Å². The summed E-state index contributed by atoms with van der Waals surface area (Å²) >= 11 is 6.15. The molecule has 0 aliphatic carbocycles. The molecule has 16 heavy (non-hydrogen) atoms. The van der Waals surface area contributed by atoms with E-state index in [-0.39, 0.29) is 0 Å². The first kappa shape index (κ1) is 13.5. The lowest BCUT2D eigenvalue weighted by atomic mass is 10.0. The third-order valence-electron chi connectivity index (χ3n) is 2.76. The molecule has 0 heterocycles. The average molecular weight is 241 g/mol. The Morgan fingerprint density at radius 2 is 2.00 bits per heavy atom. The Morgan fingerprint density at radius 1 is 1.31 bits per heavy atom. The number of rotatable bonds is 6. The monoisotopic (exact) mass is 240 g/mol. The van der Waals surface area contributed by atoms with Crippen molar-refractivity contribution < 1.29 is 0 Å². The number of halogens is 1. The van der Waals surface area contributed by atoms with Crippen molar-refractivity contribution in [3.63, 3.8) is 0 Å². The van der Waals surface area contributed by atoms with E-state index in [4.69, 9.17) is 11.6 Å². The van der Waals surface area contributed by atoms with Gasteiger partial charge in [-0.25, -0.2) is 0 Å². The highest BCUT2D eigenvalue weighted by atomic mass is 35.5. The predicted molar refractivity (Wildman–Crippen MR) is 71.2 cm³/mol. The molecule has 0 spiro atoms. The van der Waals surface area contributed by atoms with E-state index >= 15 is 0 Å². The second kappa shape index (κ2) is 6.89. The topological polar surface area (TPSA) is 15.3 Å². The van der Waals surface area contributed by atoms with E-state index in [1.165, 1.54) is 5.56 Å². The Balaban J connectivity index is 2.53. The zero-order chi connectivity index (χ0) is 12.0. The van der Waals surface area contributed by atoms with Crippen LogP contribution in [-0.2, 0) is 6.42 Å². The molecule has 90 valence electrons. The molecule has 1 aromatic carbocycles. The lowest BCUT2D eigenvalue weighted by molar-refractivity contribution is 0.364. The van der Waals surface area contributed by atoms with Crippen LogP contribution in [0.2, 0.25) is 5.02 Å². The minimum atomic E-state index is 0.488. The van der Waals surface area contributed by atoms with Gasteiger partial charge in [-0.2, -0.15) is 0 Å². The van der Waals surface area contributed by atoms with Gasteiger partial charge in [0.25, 0.3) is 0 Å². The van der Waals surface area contributed by atoms with Gasteiger partial charge >= 0.3 is 0 Å². The van der Waals surface area contributed by atoms with Gasteiger partial charge in [0.05, 0.1) is 0 Å². The average Bonchev–Trinajstić information content (AvgIpc) is 2.26. The third kappa shape index (κ3) is 4.52. The summed E-state index contributed by atoms with van der Waals surface area (Å²) in [6.07, 6.45) is 2.12. The number of nitrogens with zero attached hydrogens (tertiary/aromatic N) is 1. The summed E-state index contributed by atoms with van der Waals surface area (Å²) in [6, 6.07) is 8.56. The van der Waals surface area contributed by atoms with Gasteiger partial charge in [-0.15, -0.1) is 0 Å². The molecule has 1 N–H and O–H groups in total. The number of nitrogens with one attached hydrogen (secondary N) is 1. The summed E-state index contributed by atoms with van der Waals surface area (Å²) in [5.74, 6) is 0. The van der Waals surface area contributed by atoms with Crippen LogP contribution in [0, 0.1) is 0 Å². The molecule has 1 rings (SSSR count). The van der Waals surface area contributed by atoms with Crippen molar-refractivity contribution >= 4 is 11.6 Å². The summed E-state index contributed by atoms with van der Waals surface area (Å²) in [5, 5.41) is 4.22. The second-order valence-corrected chi connectivity index (χ2v) is 4.78. The summed E-state index contributed by atoms with van der Waals surface area (Å²) in [5.41, 5.74) is 1.22. The summed E-state index contributed by atoms with van der Waals surface area (Å²) in [4.78, 5) is 2.21. The SMILES string of the molecule is CNC(CCN(C)C)Cc1ccccc1Cl. The maximum Gasteiger partial charge on any atom is 0.0438 e. The normalized spacial score (nSPS) is 13.1. The molecule has 1 atom stereocenters. The van der Waals surface area contributed by atoms with Crippen LogP contribution in [0.15, 0.2) is 24.3 Å². The van der Waals surface area contributed by atoms with Gasteiger partial charge in [0.2, 0.25) is 0 Å². The molecule has 0 saturated carbocycles. The van der Waals surface area contributed by atoms with Gasteiger partial charge in [-0.1, -0.05) is 29.8 Å². The maximum atomic E-state index is 6.15. The van der Waals surface area contributed by atoms with Gasteiger partial charge in [0, 0.05) is 11.1 Å². The quantitative estimate of drug-likeness (QED) is 0.822. The Kier molecular flexibility index (Phi) is 5.81. The van der Waals surface area contributed by atoms with Crippen LogP contribution < -0.4 is 5.32 Å². The summed E-state index contributed by atoms with van der Waals surface area (Å²) in [6.45, 7) is 1.09. The van der Waals surface area contributed by atoms with Crippen molar-refractivity contribution in [3.8, 4) is 0 Å². The number of hydrogen-bond acceptors (Lipinski definition) is 2. The molecule has 2 nitrogen and oxygen atoms in total. The maximum absolute atomic E-state index is 6.15. The van der Waals surface area contributed by atoms with Gasteiger partial charge in [-0.3, -0.25) is 0 Å². The molecule has 1 unspecified atom stereocenters. The number of likely N-dealkylation sites (N-methyl/N-ethyl adjacent to an activating group) is 1. The zero-order valence-electron chi connectivity index (χ0n) is 10.3. The summed E-state index contributed by atoms with van der Waals surface area (Å²) < 4.78 is 0. The number of benzene rings is 1. The van der Waals surface area contributed by atoms with Crippen LogP contribution in [-0.4, -0.2) is 38.6 Å². The Morgan fingerprint density at radius 3 is 2.56 bits per heavy atom. The molecule has 0 radical (unpaired) electrons. The van der Waals surface area contributed by atoms with Crippen LogP contribution >= 0.6 is 11.6 Å². The van der Waals surface area contributed by atoms with Crippen molar-refractivity contribution in [2.75, 3.05) is 27.7 Å². The standard InChI is InChI=1S/C13H21ClN2/c1-15-12(8-9-16(2)3)10-11-6-4-5-7-13(11)14/h4-7,12,15H,8-10H2,1-3H3. The molecule has 0 bridgehead atoms. The smallest absolute Gasteiger partial charge is 0.0438 e. The minimum absolute atomic E-state index is 0.488. The van der Waals surface area contributed by atoms with E-state index in [1.807, 2.05) is 25.2 Å². The number of hydrogen-bond donors (Lipinski definition) is 1. The van der Waals surface area contributed by atoms with E-state index in [1.54, 1.807) is 0 Å². The molecular weight excluding hydrogens is 220 g/mol. The first-order chi connectivity index (χ1) is 7.63. The van der Waals surface area contributed by atoms with E-state index in [2.05, 4.69) is 30.4 Å². The van der Waals surface area contributed by atoms with E-state index in [9.17, 15) is 0 Å². The van der Waals surface area contributed by atoms with E-state index in [0.29, 0.717) is 6.04 Å². The molecular formula is C13H21ClN2. The minimum Gasteiger partial charge on any atom is -0.317 e. The van der Waals surface area contributed by atoms with Crippen molar-refractivity contribution in [1.29, 1.82) is 0 Å². The van der Waals surface area contributed by atoms with Gasteiger partial charge in [-0.05, 0) is 52.2 Å². The molecule has 0 aromatic heterocycles. The van der Waals surface area contributed by atoms with Crippen LogP contribution in [0.5, 0.6) is 0 Å². The highest BCUT2D eigenvalue weighted by Gasteiger charge is 2.09. The fraction of sp³-hybridized carbons (Fsp3) is 0.538. The largest absolute Gasteiger partial charge is 0.317 e. The van der Waals surface area contributed by atoms with Crippen LogP contribution in [0.3, 0.4) is 0 Å². The molecule has 0 aliphatic rings. The first-order valence-corrected chi connectivity index (χ1v) is 6.06. The summed E-state index contributed by atoms with van der Waals surface area (Å²) in [7, 11) is 6.21. The highest BCUT2D eigenvalue weighted by Crippen LogP contribution is 2.17. The molecule has 0 amide bonds. The van der Waals surface area contributed by atoms with Crippen molar-refractivity contribution in [3.05, 3.63) is 34.9 Å². The van der Waals surface area contributed by atoms with Crippen LogP contribution in [0.1, 0.15) is 12.0 Å². The zero-order valence-corrected chi connectivity index (χ0v) is 11.1. The highest BCUT2D eigenvalue weighted by molar-refractivity contribution is 6.31. The molecule has 0 saturated heterocycles. The molecule has 3 heteroatoms. The molecule has 0 fully saturated rings. The molecule has 0 aliphatic heterocycles. The van der Waals surface area contributed by atoms with Gasteiger partial charge in [0.1, 0.15) is 0 Å². The predicted octanol–water partition coefficient (Wildman–Crippen LogP) is 2.42. The lowest BCUT2D eigenvalue weighted by Gasteiger charge is -2.19. The first-order valence-electron chi connectivity index (χ1n) is 5.69. The van der Waals surface area contributed by atoms with Crippen molar-refractivity contribution in [2.45, 2.75) is 18.9 Å². The van der Waals surface area contributed by atoms with E-state index < -0.39 is 0 Å². The van der Waals surface area contributed by atoms with Crippen LogP contribution in [0.25, 0.3) is 0 Å². The fourth-order valence-electron chi connectivity index (χ4n) is 1.69. The van der Waals surface area contributed by atoms with Crippen molar-refractivity contribution in [1.82, 2.24) is 10.2 Å². The third-order valence-corrected chi connectivity index (χ3v) is 3.13. The molecule has 1 aromatic rings. The van der Waals surface area contributed by atoms with Gasteiger partial charge < -0.3 is 10.2 Å². The van der Waals surface area contributed by atoms with Crippen molar-refractivity contribution in [2.24, 2.45) is 0 Å². The Hall–Kier alpha value is -0.570. The fourth-order valence-corrected chi connectivity index (χ4v) is 1.90. The Bertz CT molecular complexity index is 313. The van der Waals surface area contributed by atoms with Gasteiger partial charge in [0.15, 0.2) is 0 Å². The lowest BCUT2D eigenvalue weighted by Crippen LogP contribution is -2.31. The van der Waals surface area contributed by atoms with Crippen LogP contribution in [0.4, 0.5) is 0 Å². The Labute approximate surface area is 104 Å². The second-order valence-electron chi connectivity index (χ2n) is 4.37.